The molecule has 3 nitrogen and oxygen atoms in total. The number of alkyl halides is 3. The van der Waals surface area contributed by atoms with Crippen LogP contribution in [0.4, 0.5) is 18.3 Å². The first-order valence-electron chi connectivity index (χ1n) is 6.22. The van der Waals surface area contributed by atoms with E-state index in [1.54, 1.807) is 6.07 Å². The Morgan fingerprint density at radius 1 is 1.25 bits per heavy atom. The molecule has 7 heteroatoms. The predicted molar refractivity (Wildman–Crippen MR) is 72.7 cm³/mol. The van der Waals surface area contributed by atoms with Crippen LogP contribution >= 0.6 is 11.5 Å². The maximum Gasteiger partial charge on any atom is 0.416 e. The monoisotopic (exact) mass is 301 g/mol. The minimum atomic E-state index is -4.34. The van der Waals surface area contributed by atoms with Crippen molar-refractivity contribution in [3.8, 4) is 0 Å². The van der Waals surface area contributed by atoms with Crippen molar-refractivity contribution in [3.05, 3.63) is 41.2 Å². The summed E-state index contributed by atoms with van der Waals surface area (Å²) < 4.78 is 42.6. The van der Waals surface area contributed by atoms with Gasteiger partial charge in [0.05, 0.1) is 5.56 Å². The van der Waals surface area contributed by atoms with Crippen molar-refractivity contribution >= 4 is 16.7 Å². The highest BCUT2D eigenvalue weighted by molar-refractivity contribution is 7.09. The molecule has 1 N–H and O–H groups in total. The number of aryl methyl sites for hydroxylation is 1. The van der Waals surface area contributed by atoms with Crippen molar-refractivity contribution < 1.29 is 13.2 Å². The van der Waals surface area contributed by atoms with Crippen molar-refractivity contribution in [2.24, 2.45) is 0 Å². The second-order valence-corrected chi connectivity index (χ2v) is 5.03. The Kier molecular flexibility index (Phi) is 4.59. The average Bonchev–Trinajstić information content (AvgIpc) is 2.84. The molecule has 0 unspecified atom stereocenters. The van der Waals surface area contributed by atoms with Gasteiger partial charge in [0.2, 0.25) is 5.13 Å². The quantitative estimate of drug-likeness (QED) is 0.902. The van der Waals surface area contributed by atoms with Crippen LogP contribution in [0.3, 0.4) is 0 Å². The zero-order valence-corrected chi connectivity index (χ0v) is 11.7. The zero-order chi connectivity index (χ0) is 14.6. The van der Waals surface area contributed by atoms with Gasteiger partial charge < -0.3 is 5.32 Å². The van der Waals surface area contributed by atoms with Crippen LogP contribution in [0.25, 0.3) is 0 Å². The van der Waals surface area contributed by atoms with Gasteiger partial charge in [0, 0.05) is 24.5 Å². The average molecular weight is 301 g/mol. The van der Waals surface area contributed by atoms with Gasteiger partial charge >= 0.3 is 6.18 Å². The lowest BCUT2D eigenvalue weighted by Crippen LogP contribution is -2.11. The molecule has 0 spiro atoms. The zero-order valence-electron chi connectivity index (χ0n) is 10.9. The Morgan fingerprint density at radius 3 is 2.70 bits per heavy atom. The maximum atomic E-state index is 12.8. The number of benzene rings is 1. The second-order valence-electron chi connectivity index (χ2n) is 4.27. The molecular formula is C13H14F3N3S. The summed E-state index contributed by atoms with van der Waals surface area (Å²) in [6.45, 7) is 2.10. The molecule has 0 fully saturated rings. The first-order valence-corrected chi connectivity index (χ1v) is 6.99. The van der Waals surface area contributed by atoms with Gasteiger partial charge in [0.15, 0.2) is 0 Å². The van der Waals surface area contributed by atoms with Crippen LogP contribution in [0, 0.1) is 0 Å². The lowest BCUT2D eigenvalue weighted by Gasteiger charge is -2.12. The normalized spacial score (nSPS) is 11.6. The summed E-state index contributed by atoms with van der Waals surface area (Å²) in [6, 6.07) is 5.52. The van der Waals surface area contributed by atoms with E-state index >= 15 is 0 Å². The Balaban J connectivity index is 2.07. The second kappa shape index (κ2) is 6.21. The Morgan fingerprint density at radius 2 is 2.00 bits per heavy atom. The van der Waals surface area contributed by atoms with Gasteiger partial charge in [-0.05, 0) is 18.1 Å². The molecule has 2 rings (SSSR count). The third-order valence-electron chi connectivity index (χ3n) is 2.69. The molecule has 0 aliphatic carbocycles. The van der Waals surface area contributed by atoms with E-state index in [0.717, 1.165) is 24.7 Å². The Bertz CT molecular complexity index is 566. The summed E-state index contributed by atoms with van der Waals surface area (Å²) in [4.78, 5) is 4.22. The number of halogens is 3. The standard InChI is InChI=1S/C13H14F3N3S/c1-2-5-11-18-12(20-19-11)17-8-9-6-3-4-7-10(9)13(14,15)16/h3-4,6-7H,2,5,8H2,1H3,(H,17,18,19). The number of nitrogens with zero attached hydrogens (tertiary/aromatic N) is 2. The number of anilines is 1. The van der Waals surface area contributed by atoms with Crippen LogP contribution in [0.15, 0.2) is 24.3 Å². The molecule has 20 heavy (non-hydrogen) atoms. The molecule has 1 aromatic heterocycles. The van der Waals surface area contributed by atoms with Gasteiger partial charge in [0.1, 0.15) is 5.82 Å². The molecule has 0 atom stereocenters. The SMILES string of the molecule is CCCc1nsc(NCc2ccccc2C(F)(F)F)n1. The van der Waals surface area contributed by atoms with Crippen LogP contribution in [0.2, 0.25) is 0 Å². The highest BCUT2D eigenvalue weighted by Crippen LogP contribution is 2.32. The summed E-state index contributed by atoms with van der Waals surface area (Å²) in [5.41, 5.74) is -0.418. The van der Waals surface area contributed by atoms with Crippen molar-refractivity contribution in [1.82, 2.24) is 9.36 Å². The fourth-order valence-corrected chi connectivity index (χ4v) is 2.38. The van der Waals surface area contributed by atoms with E-state index in [0.29, 0.717) is 5.13 Å². The van der Waals surface area contributed by atoms with Crippen LogP contribution in [-0.2, 0) is 19.1 Å². The summed E-state index contributed by atoms with van der Waals surface area (Å²) in [5, 5.41) is 3.44. The molecule has 0 aliphatic rings. The lowest BCUT2D eigenvalue weighted by molar-refractivity contribution is -0.138. The molecule has 0 radical (unpaired) electrons. The van der Waals surface area contributed by atoms with Crippen LogP contribution < -0.4 is 5.32 Å². The molecule has 1 aromatic carbocycles. The predicted octanol–water partition coefficient (Wildman–Crippen LogP) is 4.12. The van der Waals surface area contributed by atoms with Gasteiger partial charge in [-0.3, -0.25) is 0 Å². The van der Waals surface area contributed by atoms with Crippen LogP contribution in [0.1, 0.15) is 30.3 Å². The van der Waals surface area contributed by atoms with Gasteiger partial charge in [-0.1, -0.05) is 25.1 Å². The number of hydrogen-bond donors (Lipinski definition) is 1. The summed E-state index contributed by atoms with van der Waals surface area (Å²) >= 11 is 1.17. The van der Waals surface area contributed by atoms with Gasteiger partial charge in [-0.2, -0.15) is 17.5 Å². The number of hydrogen-bond acceptors (Lipinski definition) is 4. The van der Waals surface area contributed by atoms with E-state index in [1.807, 2.05) is 6.92 Å². The minimum absolute atomic E-state index is 0.0798. The fraction of sp³-hybridized carbons (Fsp3) is 0.385. The number of aromatic nitrogens is 2. The van der Waals surface area contributed by atoms with Crippen molar-refractivity contribution in [2.45, 2.75) is 32.5 Å². The third kappa shape index (κ3) is 3.69. The minimum Gasteiger partial charge on any atom is -0.356 e. The Labute approximate surface area is 119 Å². The van der Waals surface area contributed by atoms with E-state index < -0.39 is 11.7 Å². The fourth-order valence-electron chi connectivity index (χ4n) is 1.77. The summed E-state index contributed by atoms with van der Waals surface area (Å²) in [7, 11) is 0. The smallest absolute Gasteiger partial charge is 0.356 e. The summed E-state index contributed by atoms with van der Waals surface area (Å²) in [6.07, 6.45) is -2.63. The van der Waals surface area contributed by atoms with Crippen LogP contribution in [0.5, 0.6) is 0 Å². The summed E-state index contributed by atoms with van der Waals surface area (Å²) in [5.74, 6) is 0.726. The highest BCUT2D eigenvalue weighted by Gasteiger charge is 2.32. The van der Waals surface area contributed by atoms with E-state index in [-0.39, 0.29) is 12.1 Å². The maximum absolute atomic E-state index is 12.8. The van der Waals surface area contributed by atoms with Gasteiger partial charge in [-0.15, -0.1) is 0 Å². The molecule has 0 bridgehead atoms. The van der Waals surface area contributed by atoms with Crippen molar-refractivity contribution in [1.29, 1.82) is 0 Å². The third-order valence-corrected chi connectivity index (χ3v) is 3.41. The van der Waals surface area contributed by atoms with Crippen molar-refractivity contribution in [2.75, 3.05) is 5.32 Å². The Hall–Kier alpha value is -1.63. The lowest BCUT2D eigenvalue weighted by atomic mass is 10.1. The van der Waals surface area contributed by atoms with E-state index in [4.69, 9.17) is 0 Å². The molecule has 0 saturated heterocycles. The number of nitrogens with one attached hydrogen (secondary N) is 1. The molecule has 1 heterocycles. The molecule has 0 amide bonds. The van der Waals surface area contributed by atoms with Crippen LogP contribution in [-0.4, -0.2) is 9.36 Å². The highest BCUT2D eigenvalue weighted by atomic mass is 32.1. The van der Waals surface area contributed by atoms with E-state index in [9.17, 15) is 13.2 Å². The van der Waals surface area contributed by atoms with Gasteiger partial charge in [-0.25, -0.2) is 4.98 Å². The van der Waals surface area contributed by atoms with Crippen molar-refractivity contribution in [3.63, 3.8) is 0 Å². The van der Waals surface area contributed by atoms with Gasteiger partial charge in [0.25, 0.3) is 0 Å². The first-order chi connectivity index (χ1) is 9.50. The molecule has 0 saturated carbocycles. The topological polar surface area (TPSA) is 37.8 Å². The largest absolute Gasteiger partial charge is 0.416 e. The van der Waals surface area contributed by atoms with E-state index in [2.05, 4.69) is 14.7 Å². The number of rotatable bonds is 5. The first kappa shape index (κ1) is 14.8. The molecular weight excluding hydrogens is 287 g/mol. The molecule has 108 valence electrons. The molecule has 0 aliphatic heterocycles. The van der Waals surface area contributed by atoms with E-state index in [1.165, 1.54) is 23.7 Å². The molecule has 2 aromatic rings.